The zero-order chi connectivity index (χ0) is 11.6. The van der Waals surface area contributed by atoms with Crippen LogP contribution in [0.25, 0.3) is 0 Å². The van der Waals surface area contributed by atoms with Crippen LogP contribution in [0.15, 0.2) is 0 Å². The highest BCUT2D eigenvalue weighted by molar-refractivity contribution is 5.78. The van der Waals surface area contributed by atoms with Gasteiger partial charge in [-0.3, -0.25) is 10.1 Å². The van der Waals surface area contributed by atoms with E-state index in [-0.39, 0.29) is 0 Å². The molecule has 0 aromatic carbocycles. The maximum absolute atomic E-state index is 11.3. The first-order valence-corrected chi connectivity index (χ1v) is 5.86. The highest BCUT2D eigenvalue weighted by Crippen LogP contribution is 2.33. The summed E-state index contributed by atoms with van der Waals surface area (Å²) in [6.45, 7) is 8.02. The molecule has 3 nitrogen and oxygen atoms in total. The highest BCUT2D eigenvalue weighted by Gasteiger charge is 2.38. The molecule has 1 fully saturated rings. The summed E-state index contributed by atoms with van der Waals surface area (Å²) in [6, 6.07) is 0.324. The Hall–Kier alpha value is -0.570. The van der Waals surface area contributed by atoms with E-state index in [2.05, 4.69) is 26.1 Å². The van der Waals surface area contributed by atoms with Crippen LogP contribution >= 0.6 is 0 Å². The third kappa shape index (κ3) is 3.49. The molecule has 2 unspecified atom stereocenters. The Labute approximate surface area is 92.3 Å². The normalized spacial score (nSPS) is 22.5. The molecule has 2 N–H and O–H groups in total. The molecule has 0 aliphatic heterocycles. The van der Waals surface area contributed by atoms with Crippen LogP contribution in [0, 0.1) is 11.8 Å². The molecule has 1 rings (SSSR count). The Balaban J connectivity index is 2.58. The lowest BCUT2D eigenvalue weighted by Gasteiger charge is -2.31. The van der Waals surface area contributed by atoms with E-state index in [9.17, 15) is 9.90 Å². The molecule has 0 saturated heterocycles. The molecule has 3 heteroatoms. The van der Waals surface area contributed by atoms with Crippen molar-refractivity contribution in [3.05, 3.63) is 0 Å². The summed E-state index contributed by atoms with van der Waals surface area (Å²) in [5, 5.41) is 12.6. The van der Waals surface area contributed by atoms with E-state index in [4.69, 9.17) is 0 Å². The molecule has 0 radical (unpaired) electrons. The third-order valence-corrected chi connectivity index (χ3v) is 3.16. The first-order valence-electron chi connectivity index (χ1n) is 5.86. The Morgan fingerprint density at radius 3 is 2.33 bits per heavy atom. The second-order valence-electron chi connectivity index (χ2n) is 5.51. The van der Waals surface area contributed by atoms with Gasteiger partial charge in [0.15, 0.2) is 0 Å². The van der Waals surface area contributed by atoms with Gasteiger partial charge in [-0.1, -0.05) is 13.8 Å². The lowest BCUT2D eigenvalue weighted by molar-refractivity contribution is -0.145. The van der Waals surface area contributed by atoms with Crippen molar-refractivity contribution in [3.63, 3.8) is 0 Å². The summed E-state index contributed by atoms with van der Waals surface area (Å²) in [7, 11) is 0. The van der Waals surface area contributed by atoms with Crippen LogP contribution in [0.1, 0.15) is 47.0 Å². The Bertz CT molecular complexity index is 236. The lowest BCUT2D eigenvalue weighted by atomic mass is 9.89. The number of carboxylic acid groups (broad SMARTS) is 1. The van der Waals surface area contributed by atoms with E-state index >= 15 is 0 Å². The summed E-state index contributed by atoms with van der Waals surface area (Å²) in [4.78, 5) is 11.3. The SMILES string of the molecule is CC(C)CC(C)(NC(C)C1CC1)C(=O)O. The predicted octanol–water partition coefficient (Wildman–Crippen LogP) is 2.26. The van der Waals surface area contributed by atoms with Gasteiger partial charge in [-0.2, -0.15) is 0 Å². The van der Waals surface area contributed by atoms with Crippen molar-refractivity contribution in [1.82, 2.24) is 5.32 Å². The molecule has 0 heterocycles. The van der Waals surface area contributed by atoms with Crippen LogP contribution in [0.5, 0.6) is 0 Å². The summed E-state index contributed by atoms with van der Waals surface area (Å²) in [5.74, 6) is 0.351. The van der Waals surface area contributed by atoms with Gasteiger partial charge in [0.1, 0.15) is 5.54 Å². The largest absolute Gasteiger partial charge is 0.480 e. The standard InChI is InChI=1S/C12H23NO2/c1-8(2)7-12(4,11(14)15)13-9(3)10-5-6-10/h8-10,13H,5-7H2,1-4H3,(H,14,15). The number of rotatable bonds is 6. The molecule has 0 bridgehead atoms. The fourth-order valence-corrected chi connectivity index (χ4v) is 2.24. The molecule has 0 aromatic rings. The van der Waals surface area contributed by atoms with Crippen LogP contribution < -0.4 is 5.32 Å². The smallest absolute Gasteiger partial charge is 0.323 e. The second-order valence-corrected chi connectivity index (χ2v) is 5.51. The summed E-state index contributed by atoms with van der Waals surface area (Å²) < 4.78 is 0. The van der Waals surface area contributed by atoms with Gasteiger partial charge in [0, 0.05) is 6.04 Å². The monoisotopic (exact) mass is 213 g/mol. The van der Waals surface area contributed by atoms with Crippen LogP contribution in [0.2, 0.25) is 0 Å². The number of hydrogen-bond donors (Lipinski definition) is 2. The van der Waals surface area contributed by atoms with Crippen molar-refractivity contribution < 1.29 is 9.90 Å². The molecule has 1 aliphatic carbocycles. The van der Waals surface area contributed by atoms with E-state index in [1.807, 2.05) is 0 Å². The summed E-state index contributed by atoms with van der Waals surface area (Å²) in [6.07, 6.45) is 3.16. The molecule has 1 aliphatic rings. The van der Waals surface area contributed by atoms with Gasteiger partial charge in [0.05, 0.1) is 0 Å². The van der Waals surface area contributed by atoms with E-state index in [0.717, 1.165) is 0 Å². The van der Waals surface area contributed by atoms with Crippen LogP contribution in [-0.2, 0) is 4.79 Å². The van der Waals surface area contributed by atoms with E-state index in [1.54, 1.807) is 6.92 Å². The third-order valence-electron chi connectivity index (χ3n) is 3.16. The number of carboxylic acids is 1. The first kappa shape index (κ1) is 12.5. The lowest BCUT2D eigenvalue weighted by Crippen LogP contribution is -2.54. The van der Waals surface area contributed by atoms with Crippen molar-refractivity contribution in [2.45, 2.75) is 58.5 Å². The Morgan fingerprint density at radius 1 is 1.47 bits per heavy atom. The molecule has 2 atom stereocenters. The molecule has 1 saturated carbocycles. The summed E-state index contributed by atoms with van der Waals surface area (Å²) >= 11 is 0. The van der Waals surface area contributed by atoms with Crippen molar-refractivity contribution in [3.8, 4) is 0 Å². The zero-order valence-electron chi connectivity index (χ0n) is 10.2. The van der Waals surface area contributed by atoms with Gasteiger partial charge in [-0.25, -0.2) is 0 Å². The zero-order valence-corrected chi connectivity index (χ0v) is 10.2. The van der Waals surface area contributed by atoms with Gasteiger partial charge in [-0.05, 0) is 44.9 Å². The van der Waals surface area contributed by atoms with Gasteiger partial charge in [0.25, 0.3) is 0 Å². The maximum Gasteiger partial charge on any atom is 0.323 e. The molecule has 15 heavy (non-hydrogen) atoms. The minimum atomic E-state index is -0.768. The highest BCUT2D eigenvalue weighted by atomic mass is 16.4. The maximum atomic E-state index is 11.3. The minimum absolute atomic E-state index is 0.324. The van der Waals surface area contributed by atoms with Crippen molar-refractivity contribution in [1.29, 1.82) is 0 Å². The molecular weight excluding hydrogens is 190 g/mol. The molecule has 0 spiro atoms. The molecular formula is C12H23NO2. The first-order chi connectivity index (χ1) is 6.85. The van der Waals surface area contributed by atoms with Gasteiger partial charge < -0.3 is 5.11 Å². The molecule has 88 valence electrons. The van der Waals surface area contributed by atoms with Crippen molar-refractivity contribution >= 4 is 5.97 Å². The summed E-state index contributed by atoms with van der Waals surface area (Å²) in [5.41, 5.74) is -0.768. The van der Waals surface area contributed by atoms with Crippen LogP contribution in [0.3, 0.4) is 0 Å². The van der Waals surface area contributed by atoms with Crippen LogP contribution in [0.4, 0.5) is 0 Å². The van der Waals surface area contributed by atoms with Gasteiger partial charge in [-0.15, -0.1) is 0 Å². The van der Waals surface area contributed by atoms with Crippen molar-refractivity contribution in [2.75, 3.05) is 0 Å². The van der Waals surface area contributed by atoms with E-state index in [1.165, 1.54) is 12.8 Å². The Kier molecular flexibility index (Phi) is 3.77. The molecule has 0 amide bonds. The van der Waals surface area contributed by atoms with Gasteiger partial charge >= 0.3 is 5.97 Å². The fourth-order valence-electron chi connectivity index (χ4n) is 2.24. The van der Waals surface area contributed by atoms with Crippen molar-refractivity contribution in [2.24, 2.45) is 11.8 Å². The van der Waals surface area contributed by atoms with E-state index < -0.39 is 11.5 Å². The molecule has 0 aromatic heterocycles. The fraction of sp³-hybridized carbons (Fsp3) is 0.917. The predicted molar refractivity (Wildman–Crippen MR) is 60.8 cm³/mol. The number of hydrogen-bond acceptors (Lipinski definition) is 2. The van der Waals surface area contributed by atoms with Gasteiger partial charge in [0.2, 0.25) is 0 Å². The van der Waals surface area contributed by atoms with E-state index in [0.29, 0.717) is 24.3 Å². The Morgan fingerprint density at radius 2 is 2.00 bits per heavy atom. The number of carbonyl (C=O) groups is 1. The number of aliphatic carboxylic acids is 1. The second kappa shape index (κ2) is 4.52. The van der Waals surface area contributed by atoms with Crippen LogP contribution in [-0.4, -0.2) is 22.7 Å². The average Bonchev–Trinajstić information content (AvgIpc) is 2.83. The quantitative estimate of drug-likeness (QED) is 0.711. The topological polar surface area (TPSA) is 49.3 Å². The minimum Gasteiger partial charge on any atom is -0.480 e. The average molecular weight is 213 g/mol. The number of nitrogens with one attached hydrogen (secondary N) is 1.